The number of rotatable bonds is 8. The fourth-order valence-corrected chi connectivity index (χ4v) is 11.9. The molecule has 2 aliphatic carbocycles. The Morgan fingerprint density at radius 1 is 0.541 bits per heavy atom. The van der Waals surface area contributed by atoms with Gasteiger partial charge in [0.15, 0.2) is 0 Å². The van der Waals surface area contributed by atoms with E-state index in [4.69, 9.17) is 0 Å². The Kier molecular flexibility index (Phi) is 7.78. The van der Waals surface area contributed by atoms with Gasteiger partial charge in [0.05, 0.1) is 0 Å². The normalized spacial score (nSPS) is 18.5. The molecule has 1 unspecified atom stereocenters. The molecule has 0 radical (unpaired) electrons. The van der Waals surface area contributed by atoms with Crippen molar-refractivity contribution in [1.82, 2.24) is 0 Å². The second kappa shape index (κ2) is 11.7. The molecule has 2 aliphatic rings. The third kappa shape index (κ3) is 5.57. The van der Waals surface area contributed by atoms with Crippen molar-refractivity contribution in [2.75, 3.05) is 0 Å². The van der Waals surface area contributed by atoms with Crippen molar-refractivity contribution in [2.24, 2.45) is 0 Å². The molecule has 0 aliphatic heterocycles. The van der Waals surface area contributed by atoms with Crippen molar-refractivity contribution in [2.45, 2.75) is 10.5 Å². The van der Waals surface area contributed by atoms with Gasteiger partial charge in [-0.05, 0) is 0 Å². The van der Waals surface area contributed by atoms with Crippen molar-refractivity contribution in [3.05, 3.63) is 168 Å². The predicted octanol–water partition coefficient (Wildman–Crippen LogP) is 7.40. The minimum absolute atomic E-state index is 0.435. The zero-order chi connectivity index (χ0) is 24.9. The van der Waals surface area contributed by atoms with Gasteiger partial charge in [-0.15, -0.1) is 0 Å². The first-order chi connectivity index (χ1) is 18.4. The minimum atomic E-state index is -0.549. The summed E-state index contributed by atoms with van der Waals surface area (Å²) in [6.07, 6.45) is 14.5. The van der Waals surface area contributed by atoms with Crippen LogP contribution in [-0.2, 0) is 15.0 Å². The van der Waals surface area contributed by atoms with Crippen molar-refractivity contribution in [1.29, 1.82) is 0 Å². The van der Waals surface area contributed by atoms with Gasteiger partial charge < -0.3 is 0 Å². The van der Waals surface area contributed by atoms with E-state index < -0.39 is 15.8 Å². The van der Waals surface area contributed by atoms with Crippen LogP contribution in [0.5, 0.6) is 0 Å². The molecule has 0 spiro atoms. The van der Waals surface area contributed by atoms with Gasteiger partial charge in [0, 0.05) is 0 Å². The van der Waals surface area contributed by atoms with E-state index >= 15 is 0 Å². The summed E-state index contributed by atoms with van der Waals surface area (Å²) in [5.41, 5.74) is 0.440. The first-order valence-corrected chi connectivity index (χ1v) is 16.5. The molecule has 0 heterocycles. The van der Waals surface area contributed by atoms with Crippen LogP contribution in [-0.4, -0.2) is 5.66 Å². The van der Waals surface area contributed by atoms with Crippen LogP contribution in [0.15, 0.2) is 168 Å². The average Bonchev–Trinajstić information content (AvgIpc) is 3.62. The van der Waals surface area contributed by atoms with Crippen LogP contribution in [0.4, 0.5) is 0 Å². The number of allylic oxidation sites excluding steroid dienone is 8. The number of hydrogen-bond acceptors (Lipinski definition) is 0. The standard InChI is InChI=1S/2C17H14P.Fe/c2*1-3-9-15(10-4-1)18(17-13-7-8-14-17)16-11-5-2-6-12-16;/h1-13,17H;1-14H;. The summed E-state index contributed by atoms with van der Waals surface area (Å²) < 4.78 is 1.55. The van der Waals surface area contributed by atoms with E-state index in [9.17, 15) is 0 Å². The van der Waals surface area contributed by atoms with Gasteiger partial charge in [-0.25, -0.2) is 0 Å². The number of hydrogen-bond donors (Lipinski definition) is 0. The topological polar surface area (TPSA) is 0 Å². The molecule has 0 N–H and O–H groups in total. The Hall–Kier alpha value is -2.78. The van der Waals surface area contributed by atoms with Crippen LogP contribution < -0.4 is 21.2 Å². The monoisotopic (exact) mass is 554 g/mol. The Bertz CT molecular complexity index is 1360. The van der Waals surface area contributed by atoms with Gasteiger partial charge in [0.2, 0.25) is 0 Å². The Morgan fingerprint density at radius 3 is 1.54 bits per heavy atom. The molecule has 182 valence electrons. The van der Waals surface area contributed by atoms with E-state index in [0.29, 0.717) is 10.5 Å². The summed E-state index contributed by atoms with van der Waals surface area (Å²) in [5.74, 6) is 0. The van der Waals surface area contributed by atoms with E-state index in [1.165, 1.54) is 26.5 Å². The first-order valence-electron chi connectivity index (χ1n) is 12.6. The van der Waals surface area contributed by atoms with Crippen molar-refractivity contribution >= 4 is 37.1 Å². The molecule has 0 amide bonds. The van der Waals surface area contributed by atoms with Gasteiger partial charge in [-0.2, -0.15) is 0 Å². The second-order valence-corrected chi connectivity index (χ2v) is 15.1. The van der Waals surface area contributed by atoms with Crippen LogP contribution >= 0.6 is 15.8 Å². The summed E-state index contributed by atoms with van der Waals surface area (Å²) in [6, 6.07) is 44.2. The average molecular weight is 554 g/mol. The summed E-state index contributed by atoms with van der Waals surface area (Å²) in [5, 5.41) is 7.18. The van der Waals surface area contributed by atoms with Crippen LogP contribution in [0.25, 0.3) is 0 Å². The fourth-order valence-electron chi connectivity index (χ4n) is 4.79. The van der Waals surface area contributed by atoms with Crippen LogP contribution in [0.2, 0.25) is 4.82 Å². The van der Waals surface area contributed by atoms with Crippen molar-refractivity contribution < 1.29 is 15.0 Å². The molecule has 0 bridgehead atoms. The van der Waals surface area contributed by atoms with Gasteiger partial charge in [-0.1, -0.05) is 0 Å². The molecule has 0 saturated carbocycles. The van der Waals surface area contributed by atoms with E-state index in [0.717, 1.165) is 15.0 Å². The Morgan fingerprint density at radius 2 is 1.03 bits per heavy atom. The second-order valence-electron chi connectivity index (χ2n) is 8.90. The zero-order valence-corrected chi connectivity index (χ0v) is 23.3. The van der Waals surface area contributed by atoms with Crippen molar-refractivity contribution in [3.63, 3.8) is 0 Å². The Balaban J connectivity index is 1.28. The van der Waals surface area contributed by atoms with Crippen molar-refractivity contribution in [3.8, 4) is 0 Å². The SMILES string of the molecule is C1=CC(P(c2ccccc2)c2ccccc2)[C]([Fe][C@@H]2C=CC(P(c3ccccc3)c3ccccc3)=C2)=C1. The molecule has 0 fully saturated rings. The Labute approximate surface area is 229 Å². The van der Waals surface area contributed by atoms with Gasteiger partial charge in [0.1, 0.15) is 0 Å². The van der Waals surface area contributed by atoms with E-state index in [1.807, 2.05) is 0 Å². The fraction of sp³-hybridized carbons (Fsp3) is 0.0588. The van der Waals surface area contributed by atoms with E-state index in [2.05, 4.69) is 158 Å². The number of benzene rings is 4. The van der Waals surface area contributed by atoms with Gasteiger partial charge >= 0.3 is 230 Å². The molecule has 37 heavy (non-hydrogen) atoms. The maximum absolute atomic E-state index is 2.54. The molecule has 4 aromatic carbocycles. The van der Waals surface area contributed by atoms with Crippen LogP contribution in [0.3, 0.4) is 0 Å². The van der Waals surface area contributed by atoms with Gasteiger partial charge in [0.25, 0.3) is 0 Å². The quantitative estimate of drug-likeness (QED) is 0.157. The van der Waals surface area contributed by atoms with E-state index in [-0.39, 0.29) is 0 Å². The van der Waals surface area contributed by atoms with Crippen LogP contribution in [0, 0.1) is 0 Å². The van der Waals surface area contributed by atoms with Crippen LogP contribution in [0.1, 0.15) is 0 Å². The molecular formula is C34H28FeP2. The molecule has 6 rings (SSSR count). The third-order valence-corrected chi connectivity index (χ3v) is 13.5. The molecule has 0 nitrogen and oxygen atoms in total. The molecule has 4 aromatic rings. The zero-order valence-electron chi connectivity index (χ0n) is 20.4. The molecule has 3 heteroatoms. The third-order valence-electron chi connectivity index (χ3n) is 6.46. The maximum atomic E-state index is 2.54. The summed E-state index contributed by atoms with van der Waals surface area (Å²) in [6.45, 7) is 0. The summed E-state index contributed by atoms with van der Waals surface area (Å²) in [7, 11) is -1.05. The van der Waals surface area contributed by atoms with Gasteiger partial charge in [-0.3, -0.25) is 0 Å². The predicted molar refractivity (Wildman–Crippen MR) is 160 cm³/mol. The molecule has 0 saturated heterocycles. The molecule has 2 atom stereocenters. The van der Waals surface area contributed by atoms with E-state index in [1.54, 1.807) is 4.47 Å². The molecule has 0 aromatic heterocycles. The molecular weight excluding hydrogens is 526 g/mol. The summed E-state index contributed by atoms with van der Waals surface area (Å²) in [4.78, 5) is 0.435. The summed E-state index contributed by atoms with van der Waals surface area (Å²) >= 11 is 1.07. The first kappa shape index (κ1) is 24.6.